The molecule has 1 aliphatic carbocycles. The molecule has 0 aromatic carbocycles. The highest BCUT2D eigenvalue weighted by Crippen LogP contribution is 2.37. The van der Waals surface area contributed by atoms with Gasteiger partial charge in [0.15, 0.2) is 5.82 Å². The fourth-order valence-corrected chi connectivity index (χ4v) is 3.94. The minimum atomic E-state index is 0.0792. The highest BCUT2D eigenvalue weighted by atomic mass is 15.3. The van der Waals surface area contributed by atoms with Crippen molar-refractivity contribution >= 4 is 11.9 Å². The molecule has 0 aliphatic heterocycles. The minimum absolute atomic E-state index is 0.0792. The summed E-state index contributed by atoms with van der Waals surface area (Å²) in [6, 6.07) is 2.41. The molecule has 1 unspecified atom stereocenters. The van der Waals surface area contributed by atoms with E-state index in [-0.39, 0.29) is 6.04 Å². The molecular weight excluding hydrogens is 336 g/mol. The summed E-state index contributed by atoms with van der Waals surface area (Å²) in [6.07, 6.45) is 15.1. The van der Waals surface area contributed by atoms with Crippen LogP contribution in [0.1, 0.15) is 69.2 Å². The normalized spacial score (nSPS) is 16.0. The Hall–Kier alpha value is -2.68. The second-order valence-electron chi connectivity index (χ2n) is 7.29. The summed E-state index contributed by atoms with van der Waals surface area (Å²) in [5.74, 6) is 0.951. The maximum absolute atomic E-state index is 9.30. The van der Waals surface area contributed by atoms with Gasteiger partial charge in [-0.15, -0.1) is 0 Å². The average Bonchev–Trinajstić information content (AvgIpc) is 3.31. The second kappa shape index (κ2) is 8.81. The molecule has 2 aromatic heterocycles. The lowest BCUT2D eigenvalue weighted by Gasteiger charge is -2.21. The Morgan fingerprint density at radius 2 is 2.15 bits per heavy atom. The molecule has 6 heteroatoms. The minimum Gasteiger partial charge on any atom is -0.382 e. The number of hydrogen-bond acceptors (Lipinski definition) is 5. The quantitative estimate of drug-likeness (QED) is 0.769. The van der Waals surface area contributed by atoms with Crippen LogP contribution in [0.5, 0.6) is 0 Å². The second-order valence-corrected chi connectivity index (χ2v) is 7.29. The molecule has 27 heavy (non-hydrogen) atoms. The molecule has 0 saturated heterocycles. The van der Waals surface area contributed by atoms with Crippen LogP contribution in [-0.4, -0.2) is 19.7 Å². The van der Waals surface area contributed by atoms with Gasteiger partial charge in [-0.1, -0.05) is 38.3 Å². The van der Waals surface area contributed by atoms with E-state index in [9.17, 15) is 5.26 Å². The molecule has 142 valence electrons. The largest absolute Gasteiger partial charge is 0.382 e. The summed E-state index contributed by atoms with van der Waals surface area (Å²) in [5.41, 5.74) is 9.81. The number of hydrogen-bond donors (Lipinski definition) is 1. The number of rotatable bonds is 7. The zero-order valence-electron chi connectivity index (χ0n) is 16.2. The lowest BCUT2D eigenvalue weighted by Crippen LogP contribution is -2.17. The van der Waals surface area contributed by atoms with Crippen LogP contribution in [0.3, 0.4) is 0 Å². The van der Waals surface area contributed by atoms with Gasteiger partial charge in [-0.25, -0.2) is 9.97 Å². The lowest BCUT2D eigenvalue weighted by atomic mass is 9.96. The summed E-state index contributed by atoms with van der Waals surface area (Å²) in [7, 11) is 0. The van der Waals surface area contributed by atoms with Crippen LogP contribution >= 0.6 is 0 Å². The smallest absolute Gasteiger partial charge is 0.154 e. The number of aryl methyl sites for hydroxylation is 1. The van der Waals surface area contributed by atoms with Gasteiger partial charge in [0.05, 0.1) is 29.8 Å². The van der Waals surface area contributed by atoms with Crippen molar-refractivity contribution in [3.05, 3.63) is 29.9 Å². The number of aromatic nitrogens is 4. The third kappa shape index (κ3) is 4.19. The van der Waals surface area contributed by atoms with Crippen LogP contribution in [0.2, 0.25) is 0 Å². The molecule has 1 fully saturated rings. The van der Waals surface area contributed by atoms with E-state index in [4.69, 9.17) is 5.73 Å². The first-order valence-electron chi connectivity index (χ1n) is 9.85. The maximum atomic E-state index is 9.30. The summed E-state index contributed by atoms with van der Waals surface area (Å²) >= 11 is 0. The van der Waals surface area contributed by atoms with Crippen LogP contribution in [0.15, 0.2) is 18.6 Å². The van der Waals surface area contributed by atoms with Crippen molar-refractivity contribution in [3.8, 4) is 17.3 Å². The molecule has 6 nitrogen and oxygen atoms in total. The van der Waals surface area contributed by atoms with Gasteiger partial charge >= 0.3 is 0 Å². The first-order valence-corrected chi connectivity index (χ1v) is 9.85. The van der Waals surface area contributed by atoms with Crippen molar-refractivity contribution < 1.29 is 0 Å². The van der Waals surface area contributed by atoms with E-state index in [1.807, 2.05) is 17.8 Å². The first kappa shape index (κ1) is 19.1. The fraction of sp³-hybridized carbons (Fsp3) is 0.524. The topological polar surface area (TPSA) is 93.4 Å². The molecule has 0 radical (unpaired) electrons. The van der Waals surface area contributed by atoms with E-state index < -0.39 is 0 Å². The van der Waals surface area contributed by atoms with Crippen LogP contribution in [0.4, 0.5) is 5.82 Å². The van der Waals surface area contributed by atoms with E-state index in [0.717, 1.165) is 48.2 Å². The van der Waals surface area contributed by atoms with E-state index >= 15 is 0 Å². The van der Waals surface area contributed by atoms with Crippen molar-refractivity contribution in [2.24, 2.45) is 5.92 Å². The summed E-state index contributed by atoms with van der Waals surface area (Å²) in [5, 5.41) is 13.9. The monoisotopic (exact) mass is 364 g/mol. The van der Waals surface area contributed by atoms with Crippen molar-refractivity contribution in [2.45, 2.75) is 64.8 Å². The van der Waals surface area contributed by atoms with E-state index in [1.54, 1.807) is 6.33 Å². The van der Waals surface area contributed by atoms with Crippen LogP contribution in [0.25, 0.3) is 17.3 Å². The molecule has 0 spiro atoms. The maximum Gasteiger partial charge on any atom is 0.154 e. The predicted octanol–water partition coefficient (Wildman–Crippen LogP) is 4.69. The van der Waals surface area contributed by atoms with Gasteiger partial charge in [-0.05, 0) is 32.1 Å². The summed E-state index contributed by atoms with van der Waals surface area (Å²) in [4.78, 5) is 8.84. The SMILES string of the molecule is CCC/C=C\c1c(C)ncnc1-c1cn(C(CC#N)C2CCCC2)nc1N. The molecule has 1 aliphatic rings. The number of anilines is 1. The zero-order valence-corrected chi connectivity index (χ0v) is 16.2. The number of nitrogens with two attached hydrogens (primary N) is 1. The third-order valence-corrected chi connectivity index (χ3v) is 5.42. The summed E-state index contributed by atoms with van der Waals surface area (Å²) in [6.45, 7) is 4.13. The van der Waals surface area contributed by atoms with Crippen molar-refractivity contribution in [1.29, 1.82) is 5.26 Å². The Balaban J connectivity index is 1.99. The Bertz CT molecular complexity index is 839. The van der Waals surface area contributed by atoms with E-state index in [0.29, 0.717) is 18.2 Å². The predicted molar refractivity (Wildman–Crippen MR) is 108 cm³/mol. The molecule has 1 saturated carbocycles. The number of nitriles is 1. The number of allylic oxidation sites excluding steroid dienone is 1. The van der Waals surface area contributed by atoms with Gasteiger partial charge in [0.2, 0.25) is 0 Å². The van der Waals surface area contributed by atoms with Gasteiger partial charge in [0, 0.05) is 17.5 Å². The average molecular weight is 364 g/mol. The fourth-order valence-electron chi connectivity index (χ4n) is 3.94. The Labute approximate surface area is 161 Å². The molecule has 3 rings (SSSR count). The van der Waals surface area contributed by atoms with Gasteiger partial charge in [0.1, 0.15) is 6.33 Å². The highest BCUT2D eigenvalue weighted by molar-refractivity contribution is 5.78. The van der Waals surface area contributed by atoms with Gasteiger partial charge < -0.3 is 5.73 Å². The Kier molecular flexibility index (Phi) is 6.23. The Morgan fingerprint density at radius 1 is 1.37 bits per heavy atom. The van der Waals surface area contributed by atoms with Gasteiger partial charge in [-0.2, -0.15) is 10.4 Å². The molecule has 0 bridgehead atoms. The zero-order chi connectivity index (χ0) is 19.2. The first-order chi connectivity index (χ1) is 13.2. The van der Waals surface area contributed by atoms with E-state index in [1.165, 1.54) is 12.8 Å². The number of nitrogen functional groups attached to an aromatic ring is 1. The number of unbranched alkanes of at least 4 members (excludes halogenated alkanes) is 1. The molecule has 1 atom stereocenters. The molecule has 0 amide bonds. The Morgan fingerprint density at radius 3 is 2.85 bits per heavy atom. The van der Waals surface area contributed by atoms with Crippen LogP contribution in [-0.2, 0) is 0 Å². The van der Waals surface area contributed by atoms with Crippen LogP contribution in [0, 0.1) is 24.2 Å². The van der Waals surface area contributed by atoms with Crippen molar-refractivity contribution in [2.75, 3.05) is 5.73 Å². The molecule has 2 heterocycles. The lowest BCUT2D eigenvalue weighted by molar-refractivity contribution is 0.315. The van der Waals surface area contributed by atoms with Crippen molar-refractivity contribution in [3.63, 3.8) is 0 Å². The van der Waals surface area contributed by atoms with Gasteiger partial charge in [0.25, 0.3) is 0 Å². The van der Waals surface area contributed by atoms with Crippen LogP contribution < -0.4 is 5.73 Å². The molecule has 2 N–H and O–H groups in total. The highest BCUT2D eigenvalue weighted by Gasteiger charge is 2.28. The molecular formula is C21H28N6. The third-order valence-electron chi connectivity index (χ3n) is 5.42. The molecule has 2 aromatic rings. The number of nitrogens with zero attached hydrogens (tertiary/aromatic N) is 5. The van der Waals surface area contributed by atoms with E-state index in [2.05, 4.69) is 40.2 Å². The standard InChI is InChI=1S/C21H28N6/c1-3-4-5-10-17-15(2)24-14-25-20(17)18-13-27(26-21(18)23)19(11-12-22)16-8-6-7-9-16/h5,10,13-14,16,19H,3-4,6-9,11H2,1-2H3,(H2,23,26)/b10-5-. The van der Waals surface area contributed by atoms with Gasteiger partial charge in [-0.3, -0.25) is 4.68 Å². The van der Waals surface area contributed by atoms with Crippen molar-refractivity contribution in [1.82, 2.24) is 19.7 Å². The summed E-state index contributed by atoms with van der Waals surface area (Å²) < 4.78 is 1.90.